The van der Waals surface area contributed by atoms with Crippen LogP contribution < -0.4 is 21.3 Å². The lowest BCUT2D eigenvalue weighted by atomic mass is 9.91. The Labute approximate surface area is 241 Å². The topological polar surface area (TPSA) is 152 Å². The number of halogens is 1. The van der Waals surface area contributed by atoms with Gasteiger partial charge >= 0.3 is 6.09 Å². The zero-order valence-corrected chi connectivity index (χ0v) is 23.0. The zero-order chi connectivity index (χ0) is 28.2. The van der Waals surface area contributed by atoms with Crippen LogP contribution in [0, 0.1) is 0 Å². The van der Waals surface area contributed by atoms with Gasteiger partial charge in [0.1, 0.15) is 17.6 Å². The lowest BCUT2D eigenvalue weighted by Gasteiger charge is -2.29. The van der Waals surface area contributed by atoms with Crippen molar-refractivity contribution >= 4 is 46.4 Å². The summed E-state index contributed by atoms with van der Waals surface area (Å²) in [6.45, 7) is 0.854. The van der Waals surface area contributed by atoms with E-state index < -0.39 is 6.09 Å². The molecule has 4 aromatic heterocycles. The van der Waals surface area contributed by atoms with E-state index in [-0.39, 0.29) is 29.8 Å². The molecule has 0 atom stereocenters. The minimum atomic E-state index is -0.399. The number of alkyl carbamates (subject to hydrolysis) is 1. The molecule has 0 aliphatic heterocycles. The maximum atomic E-state index is 13.1. The Hall–Kier alpha value is -4.39. The molecule has 2 aliphatic carbocycles. The van der Waals surface area contributed by atoms with Crippen molar-refractivity contribution in [2.24, 2.45) is 0 Å². The Morgan fingerprint density at radius 1 is 1.00 bits per heavy atom. The fourth-order valence-electron chi connectivity index (χ4n) is 4.89. The number of nitrogens with zero attached hydrogens (tertiary/aromatic N) is 6. The highest BCUT2D eigenvalue weighted by atomic mass is 35.5. The first-order valence-electron chi connectivity index (χ1n) is 13.7. The second-order valence-corrected chi connectivity index (χ2v) is 10.7. The third-order valence-electron chi connectivity index (χ3n) is 7.16. The van der Waals surface area contributed by atoms with Gasteiger partial charge in [0.2, 0.25) is 0 Å². The number of pyridine rings is 1. The Kier molecular flexibility index (Phi) is 7.85. The van der Waals surface area contributed by atoms with Crippen molar-refractivity contribution in [3.8, 4) is 0 Å². The zero-order valence-electron chi connectivity index (χ0n) is 22.3. The molecule has 6 rings (SSSR count). The fourth-order valence-corrected chi connectivity index (χ4v) is 5.06. The van der Waals surface area contributed by atoms with Gasteiger partial charge in [-0.3, -0.25) is 4.79 Å². The molecule has 4 aromatic rings. The molecule has 0 bridgehead atoms. The number of nitrogens with one attached hydrogen (secondary N) is 4. The molecule has 2 aliphatic rings. The highest BCUT2D eigenvalue weighted by Crippen LogP contribution is 2.30. The van der Waals surface area contributed by atoms with E-state index in [2.05, 4.69) is 36.2 Å². The lowest BCUT2D eigenvalue weighted by molar-refractivity contribution is 0.102. The smallest absolute Gasteiger partial charge is 0.407 e. The van der Waals surface area contributed by atoms with E-state index >= 15 is 0 Å². The fraction of sp³-hybridized carbons (Fsp3) is 0.407. The van der Waals surface area contributed by atoms with Gasteiger partial charge in [-0.1, -0.05) is 11.6 Å². The number of imidazole rings is 2. The number of ether oxygens (including phenoxy) is 1. The van der Waals surface area contributed by atoms with Gasteiger partial charge in [-0.05, 0) is 50.7 Å². The van der Waals surface area contributed by atoms with Crippen molar-refractivity contribution in [3.63, 3.8) is 0 Å². The van der Waals surface area contributed by atoms with Gasteiger partial charge in [0.15, 0.2) is 11.3 Å². The molecule has 214 valence electrons. The Balaban J connectivity index is 1.08. The number of hydrogen-bond donors (Lipinski definition) is 4. The molecule has 14 heteroatoms. The summed E-state index contributed by atoms with van der Waals surface area (Å²) in [5.41, 5.74) is 2.24. The van der Waals surface area contributed by atoms with E-state index in [0.717, 1.165) is 44.2 Å². The second kappa shape index (κ2) is 12.0. The molecule has 0 radical (unpaired) electrons. The van der Waals surface area contributed by atoms with Crippen LogP contribution in [0.5, 0.6) is 0 Å². The number of anilines is 3. The molecule has 0 spiro atoms. The number of amides is 2. The molecular weight excluding hydrogens is 548 g/mol. The van der Waals surface area contributed by atoms with Crippen LogP contribution >= 0.6 is 11.6 Å². The van der Waals surface area contributed by atoms with Gasteiger partial charge in [-0.25, -0.2) is 24.3 Å². The Morgan fingerprint density at radius 3 is 2.54 bits per heavy atom. The van der Waals surface area contributed by atoms with Gasteiger partial charge in [0, 0.05) is 48.5 Å². The summed E-state index contributed by atoms with van der Waals surface area (Å²) in [5.74, 6) is 0.292. The molecule has 41 heavy (non-hydrogen) atoms. The first-order chi connectivity index (χ1) is 20.0. The predicted octanol–water partition coefficient (Wildman–Crippen LogP) is 3.95. The summed E-state index contributed by atoms with van der Waals surface area (Å²) < 4.78 is 8.74. The minimum absolute atomic E-state index is 0.0574. The molecule has 2 fully saturated rings. The standard InChI is InChI=1S/C27H31ClN10O3/c28-23-13-20(7-8-30-23)34-26(39)22-15-31-25-21(32-17-1-2-17)14-24(36-38(22)25)33-18-3-5-19(6-4-18)35-27(40)41-12-11-37-10-9-29-16-37/h7-10,13-19,32H,1-6,11-12H2,(H,33,36)(H,35,40)(H,30,34,39). The van der Waals surface area contributed by atoms with Crippen molar-refractivity contribution < 1.29 is 14.3 Å². The van der Waals surface area contributed by atoms with Crippen LogP contribution in [0.1, 0.15) is 49.0 Å². The summed E-state index contributed by atoms with van der Waals surface area (Å²) in [5, 5.41) is 17.9. The van der Waals surface area contributed by atoms with Crippen LogP contribution in [0.3, 0.4) is 0 Å². The van der Waals surface area contributed by atoms with E-state index in [9.17, 15) is 9.59 Å². The number of aromatic nitrogens is 6. The quantitative estimate of drug-likeness (QED) is 0.205. The Bertz CT molecular complexity index is 1510. The van der Waals surface area contributed by atoms with E-state index in [1.54, 1.807) is 29.2 Å². The highest BCUT2D eigenvalue weighted by Gasteiger charge is 2.26. The van der Waals surface area contributed by atoms with E-state index in [0.29, 0.717) is 35.4 Å². The first-order valence-corrected chi connectivity index (χ1v) is 14.1. The number of carbonyl (C=O) groups is 2. The maximum absolute atomic E-state index is 13.1. The highest BCUT2D eigenvalue weighted by molar-refractivity contribution is 6.29. The molecule has 13 nitrogen and oxygen atoms in total. The van der Waals surface area contributed by atoms with E-state index in [1.165, 1.54) is 12.4 Å². The minimum Gasteiger partial charge on any atom is -0.448 e. The van der Waals surface area contributed by atoms with Crippen LogP contribution in [-0.4, -0.2) is 65.9 Å². The molecule has 4 heterocycles. The largest absolute Gasteiger partial charge is 0.448 e. The van der Waals surface area contributed by atoms with Crippen molar-refractivity contribution in [1.29, 1.82) is 0 Å². The molecule has 0 unspecified atom stereocenters. The first kappa shape index (κ1) is 26.8. The summed E-state index contributed by atoms with van der Waals surface area (Å²) >= 11 is 5.97. The van der Waals surface area contributed by atoms with Crippen LogP contribution in [0.15, 0.2) is 49.3 Å². The monoisotopic (exact) mass is 578 g/mol. The van der Waals surface area contributed by atoms with Crippen molar-refractivity contribution in [3.05, 3.63) is 60.2 Å². The van der Waals surface area contributed by atoms with Gasteiger partial charge in [-0.2, -0.15) is 0 Å². The number of fused-ring (bicyclic) bond motifs is 1. The summed E-state index contributed by atoms with van der Waals surface area (Å²) in [7, 11) is 0. The number of carbonyl (C=O) groups excluding carboxylic acids is 2. The van der Waals surface area contributed by atoms with Gasteiger partial charge in [0.05, 0.1) is 24.8 Å². The average Bonchev–Trinajstić information content (AvgIpc) is 3.41. The lowest BCUT2D eigenvalue weighted by Crippen LogP contribution is -2.40. The SMILES string of the molecule is O=C(NC1CCC(Nc2cc(NC3CC3)c3ncc(C(=O)Nc4ccnc(Cl)c4)n3n2)CC1)OCCn1ccnc1. The van der Waals surface area contributed by atoms with E-state index in [4.69, 9.17) is 21.4 Å². The molecule has 4 N–H and O–H groups in total. The Morgan fingerprint density at radius 2 is 1.78 bits per heavy atom. The van der Waals surface area contributed by atoms with Crippen molar-refractivity contribution in [2.45, 2.75) is 63.2 Å². The van der Waals surface area contributed by atoms with Crippen LogP contribution in [0.2, 0.25) is 5.15 Å². The van der Waals surface area contributed by atoms with Crippen LogP contribution in [0.25, 0.3) is 5.65 Å². The second-order valence-electron chi connectivity index (χ2n) is 10.3. The molecule has 2 amide bonds. The van der Waals surface area contributed by atoms with Crippen LogP contribution in [-0.2, 0) is 11.3 Å². The number of rotatable bonds is 10. The van der Waals surface area contributed by atoms with Gasteiger partial charge < -0.3 is 30.6 Å². The number of hydrogen-bond acceptors (Lipinski definition) is 9. The third kappa shape index (κ3) is 6.85. The third-order valence-corrected chi connectivity index (χ3v) is 7.37. The van der Waals surface area contributed by atoms with Crippen LogP contribution in [0.4, 0.5) is 22.0 Å². The predicted molar refractivity (Wildman–Crippen MR) is 153 cm³/mol. The van der Waals surface area contributed by atoms with Gasteiger partial charge in [0.25, 0.3) is 5.91 Å². The molecule has 0 saturated heterocycles. The maximum Gasteiger partial charge on any atom is 0.407 e. The average molecular weight is 579 g/mol. The summed E-state index contributed by atoms with van der Waals surface area (Å²) in [4.78, 5) is 37.8. The molecule has 0 aromatic carbocycles. The summed E-state index contributed by atoms with van der Waals surface area (Å²) in [6, 6.07) is 5.82. The normalized spacial score (nSPS) is 18.6. The van der Waals surface area contributed by atoms with Gasteiger partial charge in [-0.15, -0.1) is 5.10 Å². The molecule has 2 saturated carbocycles. The molecular formula is C27H31ClN10O3. The van der Waals surface area contributed by atoms with Crippen molar-refractivity contribution in [1.82, 2.24) is 34.4 Å². The van der Waals surface area contributed by atoms with Crippen molar-refractivity contribution in [2.75, 3.05) is 22.6 Å². The van der Waals surface area contributed by atoms with E-state index in [1.807, 2.05) is 16.8 Å². The summed E-state index contributed by atoms with van der Waals surface area (Å²) in [6.07, 6.45) is 13.4.